The summed E-state index contributed by atoms with van der Waals surface area (Å²) in [6.45, 7) is 3.62. The summed E-state index contributed by atoms with van der Waals surface area (Å²) in [5.74, 6) is 0. The Hall–Kier alpha value is -0.430. The SMILES string of the molecule is Cn1ncc(Br)c1C(N)C1(N2CCOCC2)CCCC1. The fourth-order valence-corrected chi connectivity index (χ4v) is 4.44. The normalized spacial score (nSPS) is 24.9. The van der Waals surface area contributed by atoms with Gasteiger partial charge in [-0.05, 0) is 28.8 Å². The molecule has 0 aromatic carbocycles. The first-order valence-corrected chi connectivity index (χ1v) is 8.20. The molecule has 0 amide bonds. The highest BCUT2D eigenvalue weighted by Crippen LogP contribution is 2.44. The Balaban J connectivity index is 1.93. The summed E-state index contributed by atoms with van der Waals surface area (Å²) >= 11 is 3.61. The van der Waals surface area contributed by atoms with Gasteiger partial charge in [0.05, 0.1) is 35.6 Å². The Bertz CT molecular complexity index is 444. The van der Waals surface area contributed by atoms with E-state index in [0.29, 0.717) is 0 Å². The maximum Gasteiger partial charge on any atom is 0.0709 e. The second-order valence-electron chi connectivity index (χ2n) is 5.89. The van der Waals surface area contributed by atoms with E-state index >= 15 is 0 Å². The van der Waals surface area contributed by atoms with Crippen LogP contribution in [-0.2, 0) is 11.8 Å². The van der Waals surface area contributed by atoms with Crippen molar-refractivity contribution in [2.45, 2.75) is 37.3 Å². The third-order valence-corrected chi connectivity index (χ3v) is 5.53. The average molecular weight is 343 g/mol. The van der Waals surface area contributed by atoms with Gasteiger partial charge in [-0.25, -0.2) is 0 Å². The largest absolute Gasteiger partial charge is 0.379 e. The second kappa shape index (κ2) is 5.75. The van der Waals surface area contributed by atoms with Crippen molar-refractivity contribution in [3.63, 3.8) is 0 Å². The van der Waals surface area contributed by atoms with Crippen molar-refractivity contribution in [3.8, 4) is 0 Å². The van der Waals surface area contributed by atoms with Crippen LogP contribution in [0.4, 0.5) is 0 Å². The van der Waals surface area contributed by atoms with E-state index in [1.165, 1.54) is 25.7 Å². The quantitative estimate of drug-likeness (QED) is 0.910. The van der Waals surface area contributed by atoms with Gasteiger partial charge in [-0.1, -0.05) is 12.8 Å². The lowest BCUT2D eigenvalue weighted by atomic mass is 9.84. The molecule has 1 aromatic heterocycles. The Morgan fingerprint density at radius 1 is 1.35 bits per heavy atom. The van der Waals surface area contributed by atoms with Crippen LogP contribution in [0.25, 0.3) is 0 Å². The van der Waals surface area contributed by atoms with Gasteiger partial charge in [0.1, 0.15) is 0 Å². The number of halogens is 1. The Morgan fingerprint density at radius 2 is 2.00 bits per heavy atom. The Kier molecular flexibility index (Phi) is 4.17. The monoisotopic (exact) mass is 342 g/mol. The number of hydrogen-bond donors (Lipinski definition) is 1. The number of rotatable bonds is 3. The predicted octanol–water partition coefficient (Wildman–Crippen LogP) is 1.83. The van der Waals surface area contributed by atoms with Gasteiger partial charge in [-0.2, -0.15) is 5.10 Å². The molecule has 3 rings (SSSR count). The molecule has 0 spiro atoms. The van der Waals surface area contributed by atoms with E-state index in [9.17, 15) is 0 Å². The van der Waals surface area contributed by atoms with Gasteiger partial charge >= 0.3 is 0 Å². The first kappa shape index (κ1) is 14.5. The average Bonchev–Trinajstić information content (AvgIpc) is 3.08. The molecule has 1 saturated heterocycles. The zero-order valence-corrected chi connectivity index (χ0v) is 13.6. The van der Waals surface area contributed by atoms with Crippen LogP contribution in [0.1, 0.15) is 37.4 Å². The van der Waals surface area contributed by atoms with Gasteiger partial charge in [0.15, 0.2) is 0 Å². The summed E-state index contributed by atoms with van der Waals surface area (Å²) in [4.78, 5) is 2.56. The minimum atomic E-state index is -0.00928. The zero-order valence-electron chi connectivity index (χ0n) is 12.0. The van der Waals surface area contributed by atoms with Crippen molar-refractivity contribution >= 4 is 15.9 Å². The molecule has 2 aliphatic rings. The Morgan fingerprint density at radius 3 is 2.55 bits per heavy atom. The highest BCUT2D eigenvalue weighted by Gasteiger charge is 2.46. The third kappa shape index (κ3) is 2.32. The molecule has 1 aromatic rings. The van der Waals surface area contributed by atoms with E-state index in [1.54, 1.807) is 0 Å². The van der Waals surface area contributed by atoms with Crippen LogP contribution in [0.15, 0.2) is 10.7 Å². The molecule has 1 aliphatic carbocycles. The van der Waals surface area contributed by atoms with E-state index in [2.05, 4.69) is 25.9 Å². The molecule has 0 bridgehead atoms. The lowest BCUT2D eigenvalue weighted by molar-refractivity contribution is -0.0321. The number of nitrogens with zero attached hydrogens (tertiary/aromatic N) is 3. The first-order valence-electron chi connectivity index (χ1n) is 7.41. The molecular weight excluding hydrogens is 320 g/mol. The van der Waals surface area contributed by atoms with Crippen molar-refractivity contribution in [1.82, 2.24) is 14.7 Å². The number of nitrogens with two attached hydrogens (primary N) is 1. The fourth-order valence-electron chi connectivity index (χ4n) is 3.84. The van der Waals surface area contributed by atoms with Crippen LogP contribution < -0.4 is 5.73 Å². The molecule has 2 heterocycles. The van der Waals surface area contributed by atoms with Gasteiger partial charge in [0, 0.05) is 25.7 Å². The molecule has 1 unspecified atom stereocenters. The first-order chi connectivity index (χ1) is 9.65. The third-order valence-electron chi connectivity index (χ3n) is 4.92. The maximum absolute atomic E-state index is 6.74. The number of ether oxygens (including phenoxy) is 1. The number of hydrogen-bond acceptors (Lipinski definition) is 4. The lowest BCUT2D eigenvalue weighted by Gasteiger charge is -2.47. The van der Waals surface area contributed by atoms with Gasteiger partial charge in [0.2, 0.25) is 0 Å². The molecular formula is C14H23BrN4O. The topological polar surface area (TPSA) is 56.3 Å². The minimum Gasteiger partial charge on any atom is -0.379 e. The Labute approximate surface area is 128 Å². The van der Waals surface area contributed by atoms with Crippen molar-refractivity contribution in [2.24, 2.45) is 12.8 Å². The molecule has 0 radical (unpaired) electrons. The fraction of sp³-hybridized carbons (Fsp3) is 0.786. The minimum absolute atomic E-state index is 0.00928. The number of morpholine rings is 1. The van der Waals surface area contributed by atoms with Crippen LogP contribution >= 0.6 is 15.9 Å². The molecule has 20 heavy (non-hydrogen) atoms. The molecule has 1 saturated carbocycles. The van der Waals surface area contributed by atoms with E-state index in [0.717, 1.165) is 36.5 Å². The standard InChI is InChI=1S/C14H23BrN4O/c1-18-12(11(15)10-17-18)13(16)14(4-2-3-5-14)19-6-8-20-9-7-19/h10,13H,2-9,16H2,1H3. The highest BCUT2D eigenvalue weighted by atomic mass is 79.9. The summed E-state index contributed by atoms with van der Waals surface area (Å²) < 4.78 is 8.45. The summed E-state index contributed by atoms with van der Waals surface area (Å²) in [5.41, 5.74) is 7.92. The van der Waals surface area contributed by atoms with Crippen LogP contribution in [0.5, 0.6) is 0 Å². The summed E-state index contributed by atoms with van der Waals surface area (Å²) in [6, 6.07) is -0.00928. The number of aryl methyl sites for hydroxylation is 1. The molecule has 2 N–H and O–H groups in total. The molecule has 1 atom stereocenters. The summed E-state index contributed by atoms with van der Waals surface area (Å²) in [6.07, 6.45) is 6.72. The van der Waals surface area contributed by atoms with Crippen LogP contribution in [0.2, 0.25) is 0 Å². The maximum atomic E-state index is 6.74. The summed E-state index contributed by atoms with van der Waals surface area (Å²) in [5, 5.41) is 4.33. The van der Waals surface area contributed by atoms with Crippen molar-refractivity contribution in [2.75, 3.05) is 26.3 Å². The van der Waals surface area contributed by atoms with Crippen molar-refractivity contribution in [3.05, 3.63) is 16.4 Å². The van der Waals surface area contributed by atoms with E-state index in [-0.39, 0.29) is 11.6 Å². The van der Waals surface area contributed by atoms with E-state index in [1.807, 2.05) is 17.9 Å². The van der Waals surface area contributed by atoms with Gasteiger partial charge in [-0.15, -0.1) is 0 Å². The second-order valence-corrected chi connectivity index (χ2v) is 6.74. The lowest BCUT2D eigenvalue weighted by Crippen LogP contribution is -2.57. The van der Waals surface area contributed by atoms with Crippen molar-refractivity contribution in [1.29, 1.82) is 0 Å². The van der Waals surface area contributed by atoms with Crippen LogP contribution in [-0.4, -0.2) is 46.5 Å². The van der Waals surface area contributed by atoms with Gasteiger partial charge in [-0.3, -0.25) is 9.58 Å². The van der Waals surface area contributed by atoms with E-state index < -0.39 is 0 Å². The molecule has 6 heteroatoms. The predicted molar refractivity (Wildman–Crippen MR) is 81.4 cm³/mol. The van der Waals surface area contributed by atoms with Crippen molar-refractivity contribution < 1.29 is 4.74 Å². The van der Waals surface area contributed by atoms with Crippen LogP contribution in [0, 0.1) is 0 Å². The van der Waals surface area contributed by atoms with Crippen LogP contribution in [0.3, 0.4) is 0 Å². The van der Waals surface area contributed by atoms with Gasteiger partial charge < -0.3 is 10.5 Å². The van der Waals surface area contributed by atoms with E-state index in [4.69, 9.17) is 10.5 Å². The summed E-state index contributed by atoms with van der Waals surface area (Å²) in [7, 11) is 1.97. The van der Waals surface area contributed by atoms with Gasteiger partial charge in [0.25, 0.3) is 0 Å². The molecule has 5 nitrogen and oxygen atoms in total. The number of aromatic nitrogens is 2. The molecule has 112 valence electrons. The molecule has 2 fully saturated rings. The highest BCUT2D eigenvalue weighted by molar-refractivity contribution is 9.10. The smallest absolute Gasteiger partial charge is 0.0709 e. The molecule has 1 aliphatic heterocycles. The zero-order chi connectivity index (χ0) is 14.2.